The molecule has 0 radical (unpaired) electrons. The zero-order valence-corrected chi connectivity index (χ0v) is 23.5. The number of anilines is 1. The Morgan fingerprint density at radius 3 is 2.32 bits per heavy atom. The van der Waals surface area contributed by atoms with Crippen LogP contribution < -0.4 is 14.5 Å². The summed E-state index contributed by atoms with van der Waals surface area (Å²) in [7, 11) is -3.12. The second kappa shape index (κ2) is 12.3. The molecule has 3 fully saturated rings. The van der Waals surface area contributed by atoms with Crippen molar-refractivity contribution in [3.63, 3.8) is 0 Å². The predicted octanol–water partition coefficient (Wildman–Crippen LogP) is 0.711. The molecule has 0 aliphatic carbocycles. The highest BCUT2D eigenvalue weighted by molar-refractivity contribution is 7.88. The number of aromatic nitrogens is 2. The number of rotatable bonds is 8. The third kappa shape index (κ3) is 6.81. The van der Waals surface area contributed by atoms with E-state index in [0.29, 0.717) is 13.1 Å². The lowest BCUT2D eigenvalue weighted by Gasteiger charge is -2.34. The van der Waals surface area contributed by atoms with Crippen molar-refractivity contribution in [3.05, 3.63) is 41.7 Å². The maximum absolute atomic E-state index is 11.9. The van der Waals surface area contributed by atoms with E-state index in [1.54, 1.807) is 4.31 Å². The minimum Gasteiger partial charge on any atom is -0.484 e. The number of nitrogens with zero attached hydrogens (tertiary/aromatic N) is 5. The average Bonchev–Trinajstić information content (AvgIpc) is 2.95. The Morgan fingerprint density at radius 2 is 1.68 bits per heavy atom. The van der Waals surface area contributed by atoms with Crippen molar-refractivity contribution in [3.8, 4) is 5.75 Å². The third-order valence-corrected chi connectivity index (χ3v) is 9.15. The van der Waals surface area contributed by atoms with E-state index in [4.69, 9.17) is 9.47 Å². The molecule has 11 heteroatoms. The molecule has 208 valence electrons. The van der Waals surface area contributed by atoms with E-state index < -0.39 is 10.0 Å². The highest BCUT2D eigenvalue weighted by Gasteiger charge is 2.28. The van der Waals surface area contributed by atoms with Crippen molar-refractivity contribution < 1.29 is 22.8 Å². The van der Waals surface area contributed by atoms with E-state index in [1.807, 2.05) is 12.4 Å². The van der Waals surface area contributed by atoms with Gasteiger partial charge in [0.25, 0.3) is 0 Å². The van der Waals surface area contributed by atoms with Gasteiger partial charge >= 0.3 is 0 Å². The number of nitrogens with one attached hydrogen (secondary N) is 1. The fourth-order valence-electron chi connectivity index (χ4n) is 5.47. The number of benzene rings is 1. The van der Waals surface area contributed by atoms with Crippen LogP contribution in [0.1, 0.15) is 30.9 Å². The van der Waals surface area contributed by atoms with Gasteiger partial charge in [0.05, 0.1) is 19.5 Å². The first-order chi connectivity index (χ1) is 18.4. The molecule has 0 bridgehead atoms. The summed E-state index contributed by atoms with van der Waals surface area (Å²) >= 11 is 0. The molecule has 0 unspecified atom stereocenters. The van der Waals surface area contributed by atoms with Gasteiger partial charge in [0.15, 0.2) is 11.4 Å². The molecule has 10 nitrogen and oxygen atoms in total. The van der Waals surface area contributed by atoms with E-state index >= 15 is 0 Å². The molecule has 0 saturated carbocycles. The summed E-state index contributed by atoms with van der Waals surface area (Å²) in [5, 5.41) is 0. The smallest absolute Gasteiger partial charge is 0.225 e. The minimum atomic E-state index is -3.12. The highest BCUT2D eigenvalue weighted by Crippen LogP contribution is 2.28. The lowest BCUT2D eigenvalue weighted by molar-refractivity contribution is -0.842. The second-order valence-electron chi connectivity index (χ2n) is 10.5. The summed E-state index contributed by atoms with van der Waals surface area (Å²) in [6.07, 6.45) is 8.12. The number of morpholine rings is 1. The average molecular weight is 546 g/mol. The summed E-state index contributed by atoms with van der Waals surface area (Å²) < 4.78 is 37.6. The number of quaternary nitrogens is 1. The molecule has 3 aliphatic heterocycles. The molecule has 4 heterocycles. The Kier molecular flexibility index (Phi) is 8.79. The molecule has 5 rings (SSSR count). The fourth-order valence-corrected chi connectivity index (χ4v) is 6.29. The summed E-state index contributed by atoms with van der Waals surface area (Å²) in [4.78, 5) is 15.1. The summed E-state index contributed by atoms with van der Waals surface area (Å²) in [6, 6.07) is 6.59. The number of sulfonamides is 1. The Hall–Kier alpha value is -2.31. The molecule has 2 aromatic rings. The van der Waals surface area contributed by atoms with Gasteiger partial charge in [-0.25, -0.2) is 18.4 Å². The second-order valence-corrected chi connectivity index (χ2v) is 12.5. The van der Waals surface area contributed by atoms with Crippen LogP contribution in [0, 0.1) is 0 Å². The molecule has 1 aromatic heterocycles. The minimum absolute atomic E-state index is 0.162. The molecule has 3 saturated heterocycles. The van der Waals surface area contributed by atoms with Crippen LogP contribution in [0.25, 0.3) is 0 Å². The number of aryl methyl sites for hydroxylation is 1. The molecular weight excluding hydrogens is 504 g/mol. The van der Waals surface area contributed by atoms with E-state index in [1.165, 1.54) is 22.4 Å². The summed E-state index contributed by atoms with van der Waals surface area (Å²) in [6.45, 7) is 10.6. The van der Waals surface area contributed by atoms with E-state index in [0.717, 1.165) is 95.6 Å². The van der Waals surface area contributed by atoms with Gasteiger partial charge in [0, 0.05) is 77.1 Å². The Morgan fingerprint density at radius 1 is 1.00 bits per heavy atom. The molecule has 0 spiro atoms. The van der Waals surface area contributed by atoms with Crippen LogP contribution in [0.2, 0.25) is 0 Å². The molecule has 38 heavy (non-hydrogen) atoms. The standard InChI is InChI=1S/C27H40N6O4S/c1-3-22-19-28-27(29-20-22)32-8-6-24(7-9-32)37-26-5-4-23(18-25(26)31-14-16-36-17-15-31)21-30-10-12-33(13-11-30)38(2,34)35/h4-5,18-20,24H,3,6-17,21H2,1-2H3/p+1. The van der Waals surface area contributed by atoms with Gasteiger partial charge in [-0.3, -0.25) is 9.80 Å². The van der Waals surface area contributed by atoms with E-state index in [2.05, 4.69) is 44.9 Å². The molecule has 1 aromatic carbocycles. The van der Waals surface area contributed by atoms with Crippen molar-refractivity contribution in [2.24, 2.45) is 0 Å². The highest BCUT2D eigenvalue weighted by atomic mass is 32.2. The van der Waals surface area contributed by atoms with Crippen LogP contribution in [0.5, 0.6) is 5.75 Å². The van der Waals surface area contributed by atoms with Gasteiger partial charge in [-0.05, 0) is 23.6 Å². The van der Waals surface area contributed by atoms with Crippen LogP contribution in [0.15, 0.2) is 30.6 Å². The van der Waals surface area contributed by atoms with Gasteiger partial charge in [-0.15, -0.1) is 0 Å². The first kappa shape index (κ1) is 27.3. The van der Waals surface area contributed by atoms with Crippen LogP contribution in [0.4, 0.5) is 11.6 Å². The van der Waals surface area contributed by atoms with Crippen LogP contribution >= 0.6 is 0 Å². The largest absolute Gasteiger partial charge is 0.484 e. The molecule has 0 atom stereocenters. The van der Waals surface area contributed by atoms with Gasteiger partial charge in [0.1, 0.15) is 19.2 Å². The number of hydrogen-bond acceptors (Lipinski definition) is 8. The fraction of sp³-hybridized carbons (Fsp3) is 0.630. The maximum atomic E-state index is 11.9. The van der Waals surface area contributed by atoms with Crippen LogP contribution in [0.3, 0.4) is 0 Å². The number of ether oxygens (including phenoxy) is 2. The zero-order chi connectivity index (χ0) is 26.5. The lowest BCUT2D eigenvalue weighted by Crippen LogP contribution is -3.09. The van der Waals surface area contributed by atoms with Crippen LogP contribution in [-0.2, 0) is 27.7 Å². The third-order valence-electron chi connectivity index (χ3n) is 7.85. The SMILES string of the molecule is CCc1cnc(N2CCC(Oc3ccc(CN4CCN(S(C)(=O)=O)CC4)cc3[NH+]3CCOCC3)CC2)nc1. The molecule has 3 aliphatic rings. The van der Waals surface area contributed by atoms with Gasteiger partial charge in [-0.1, -0.05) is 13.0 Å². The normalized spacial score (nSPS) is 21.1. The quantitative estimate of drug-likeness (QED) is 0.519. The Balaban J connectivity index is 1.23. The van der Waals surface area contributed by atoms with Gasteiger partial charge < -0.3 is 14.4 Å². The zero-order valence-electron chi connectivity index (χ0n) is 22.6. The van der Waals surface area contributed by atoms with E-state index in [-0.39, 0.29) is 6.10 Å². The van der Waals surface area contributed by atoms with Crippen molar-refractivity contribution in [2.75, 3.05) is 76.7 Å². The Labute approximate surface area is 226 Å². The van der Waals surface area contributed by atoms with Crippen molar-refractivity contribution >= 4 is 21.7 Å². The first-order valence-corrected chi connectivity index (χ1v) is 15.7. The monoisotopic (exact) mass is 545 g/mol. The molecule has 1 N–H and O–H groups in total. The topological polar surface area (TPSA) is 92.5 Å². The predicted molar refractivity (Wildman–Crippen MR) is 147 cm³/mol. The molecule has 0 amide bonds. The van der Waals surface area contributed by atoms with Crippen LogP contribution in [-0.4, -0.2) is 106 Å². The number of piperidine rings is 1. The summed E-state index contributed by atoms with van der Waals surface area (Å²) in [5.41, 5.74) is 3.60. The Bertz CT molecular complexity index is 1160. The van der Waals surface area contributed by atoms with Crippen molar-refractivity contribution in [2.45, 2.75) is 38.8 Å². The first-order valence-electron chi connectivity index (χ1n) is 13.8. The van der Waals surface area contributed by atoms with Crippen molar-refractivity contribution in [1.82, 2.24) is 19.2 Å². The number of hydrogen-bond donors (Lipinski definition) is 1. The maximum Gasteiger partial charge on any atom is 0.225 e. The number of piperazine rings is 1. The lowest BCUT2D eigenvalue weighted by atomic mass is 10.1. The summed E-state index contributed by atoms with van der Waals surface area (Å²) in [5.74, 6) is 1.77. The van der Waals surface area contributed by atoms with E-state index in [9.17, 15) is 8.42 Å². The van der Waals surface area contributed by atoms with Crippen molar-refractivity contribution in [1.29, 1.82) is 0 Å². The van der Waals surface area contributed by atoms with Gasteiger partial charge in [-0.2, -0.15) is 4.31 Å². The molecular formula is C27H41N6O4S+. The van der Waals surface area contributed by atoms with Gasteiger partial charge in [0.2, 0.25) is 16.0 Å².